The van der Waals surface area contributed by atoms with E-state index in [9.17, 15) is 4.79 Å². The van der Waals surface area contributed by atoms with E-state index in [4.69, 9.17) is 10.2 Å². The molecule has 0 aliphatic heterocycles. The van der Waals surface area contributed by atoms with E-state index in [1.54, 1.807) is 0 Å². The molecule has 0 saturated heterocycles. The molecular formula is C6H13NO3. The predicted octanol–water partition coefficient (Wildman–Crippen LogP) is -1.13. The van der Waals surface area contributed by atoms with Gasteiger partial charge in [-0.1, -0.05) is 0 Å². The molecule has 1 unspecified atom stereocenters. The fraction of sp³-hybridized carbons (Fsp3) is 0.833. The summed E-state index contributed by atoms with van der Waals surface area (Å²) in [5.74, 6) is -0.120. The van der Waals surface area contributed by atoms with Gasteiger partial charge in [0.2, 0.25) is 5.91 Å². The second-order valence-electron chi connectivity index (χ2n) is 2.11. The van der Waals surface area contributed by atoms with Crippen LogP contribution in [0.15, 0.2) is 0 Å². The maximum Gasteiger partial charge on any atom is 0.216 e. The maximum atomic E-state index is 10.3. The summed E-state index contributed by atoms with van der Waals surface area (Å²) < 4.78 is 0. The molecule has 0 rings (SSSR count). The van der Waals surface area contributed by atoms with Crippen LogP contribution in [0.4, 0.5) is 0 Å². The van der Waals surface area contributed by atoms with Crippen LogP contribution in [-0.2, 0) is 4.79 Å². The largest absolute Gasteiger partial charge is 0.394 e. The summed E-state index contributed by atoms with van der Waals surface area (Å²) in [5, 5.41) is 19.6. The highest BCUT2D eigenvalue weighted by Gasteiger charge is 2.00. The van der Waals surface area contributed by atoms with Crippen molar-refractivity contribution in [2.24, 2.45) is 0 Å². The van der Waals surface area contributed by atoms with Gasteiger partial charge in [0.25, 0.3) is 0 Å². The number of rotatable bonds is 4. The minimum Gasteiger partial charge on any atom is -0.394 e. The number of carbonyl (C=O) groups is 1. The normalized spacial score (nSPS) is 12.7. The zero-order chi connectivity index (χ0) is 7.98. The SMILES string of the molecule is CC(=O)NCCC(O)CO. The summed E-state index contributed by atoms with van der Waals surface area (Å²) in [7, 11) is 0. The third-order valence-corrected chi connectivity index (χ3v) is 1.06. The molecule has 3 N–H and O–H groups in total. The van der Waals surface area contributed by atoms with Gasteiger partial charge in [0.15, 0.2) is 0 Å². The zero-order valence-electron chi connectivity index (χ0n) is 6.00. The van der Waals surface area contributed by atoms with Gasteiger partial charge in [-0.05, 0) is 6.42 Å². The van der Waals surface area contributed by atoms with E-state index in [1.165, 1.54) is 6.92 Å². The van der Waals surface area contributed by atoms with E-state index < -0.39 is 6.10 Å². The Bertz CT molecular complexity index is 105. The topological polar surface area (TPSA) is 69.6 Å². The Labute approximate surface area is 59.9 Å². The number of hydrogen-bond acceptors (Lipinski definition) is 3. The lowest BCUT2D eigenvalue weighted by Gasteiger charge is -2.05. The summed E-state index contributed by atoms with van der Waals surface area (Å²) in [6.07, 6.45) is -0.317. The van der Waals surface area contributed by atoms with E-state index in [-0.39, 0.29) is 12.5 Å². The van der Waals surface area contributed by atoms with Crippen molar-refractivity contribution in [3.8, 4) is 0 Å². The Morgan fingerprint density at radius 3 is 2.70 bits per heavy atom. The van der Waals surface area contributed by atoms with Crippen molar-refractivity contribution in [2.45, 2.75) is 19.4 Å². The second kappa shape index (κ2) is 5.20. The van der Waals surface area contributed by atoms with E-state index in [1.807, 2.05) is 0 Å². The Kier molecular flexibility index (Phi) is 4.88. The van der Waals surface area contributed by atoms with Crippen molar-refractivity contribution in [2.75, 3.05) is 13.2 Å². The molecule has 0 saturated carbocycles. The monoisotopic (exact) mass is 147 g/mol. The Morgan fingerprint density at radius 2 is 2.30 bits per heavy atom. The summed E-state index contributed by atoms with van der Waals surface area (Å²) in [6.45, 7) is 1.57. The second-order valence-corrected chi connectivity index (χ2v) is 2.11. The first kappa shape index (κ1) is 9.39. The van der Waals surface area contributed by atoms with Gasteiger partial charge < -0.3 is 15.5 Å². The fourth-order valence-corrected chi connectivity index (χ4v) is 0.506. The molecule has 0 fully saturated rings. The summed E-state index contributed by atoms with van der Waals surface area (Å²) >= 11 is 0. The van der Waals surface area contributed by atoms with Gasteiger partial charge in [0.05, 0.1) is 12.7 Å². The molecule has 10 heavy (non-hydrogen) atoms. The number of carbonyl (C=O) groups excluding carboxylic acids is 1. The van der Waals surface area contributed by atoms with E-state index >= 15 is 0 Å². The highest BCUT2D eigenvalue weighted by Crippen LogP contribution is 1.86. The molecule has 1 amide bonds. The van der Waals surface area contributed by atoms with Crippen LogP contribution in [-0.4, -0.2) is 35.4 Å². The average molecular weight is 147 g/mol. The third-order valence-electron chi connectivity index (χ3n) is 1.06. The van der Waals surface area contributed by atoms with Crippen molar-refractivity contribution >= 4 is 5.91 Å². The van der Waals surface area contributed by atoms with Crippen molar-refractivity contribution in [3.05, 3.63) is 0 Å². The van der Waals surface area contributed by atoms with Crippen molar-refractivity contribution < 1.29 is 15.0 Å². The first-order valence-corrected chi connectivity index (χ1v) is 3.20. The average Bonchev–Trinajstić information content (AvgIpc) is 1.87. The molecule has 0 bridgehead atoms. The Hall–Kier alpha value is -0.610. The molecule has 0 aromatic carbocycles. The van der Waals surface area contributed by atoms with E-state index in [0.717, 1.165) is 0 Å². The molecule has 0 aliphatic rings. The lowest BCUT2D eigenvalue weighted by molar-refractivity contribution is -0.119. The smallest absolute Gasteiger partial charge is 0.216 e. The molecule has 60 valence electrons. The maximum absolute atomic E-state index is 10.3. The molecule has 0 radical (unpaired) electrons. The number of nitrogens with one attached hydrogen (secondary N) is 1. The van der Waals surface area contributed by atoms with Gasteiger partial charge in [-0.15, -0.1) is 0 Å². The van der Waals surface area contributed by atoms with Crippen molar-refractivity contribution in [1.82, 2.24) is 5.32 Å². The first-order chi connectivity index (χ1) is 4.66. The quantitative estimate of drug-likeness (QED) is 0.471. The van der Waals surface area contributed by atoms with Crippen LogP contribution in [0.5, 0.6) is 0 Å². The zero-order valence-corrected chi connectivity index (χ0v) is 6.00. The van der Waals surface area contributed by atoms with Crippen molar-refractivity contribution in [3.63, 3.8) is 0 Å². The van der Waals surface area contributed by atoms with Crippen LogP contribution in [0, 0.1) is 0 Å². The van der Waals surface area contributed by atoms with Crippen LogP contribution in [0.25, 0.3) is 0 Å². The molecular weight excluding hydrogens is 134 g/mol. The highest BCUT2D eigenvalue weighted by atomic mass is 16.3. The molecule has 1 atom stereocenters. The molecule has 4 heteroatoms. The summed E-state index contributed by atoms with van der Waals surface area (Å²) in [5.41, 5.74) is 0. The van der Waals surface area contributed by atoms with Gasteiger partial charge >= 0.3 is 0 Å². The molecule has 0 aromatic rings. The third kappa shape index (κ3) is 5.53. The van der Waals surface area contributed by atoms with Crippen molar-refractivity contribution in [1.29, 1.82) is 0 Å². The van der Waals surface area contributed by atoms with E-state index in [0.29, 0.717) is 13.0 Å². The Morgan fingerprint density at radius 1 is 1.70 bits per heavy atom. The van der Waals surface area contributed by atoms with Gasteiger partial charge in [-0.2, -0.15) is 0 Å². The first-order valence-electron chi connectivity index (χ1n) is 3.20. The predicted molar refractivity (Wildman–Crippen MR) is 36.4 cm³/mol. The molecule has 4 nitrogen and oxygen atoms in total. The number of aliphatic hydroxyl groups excluding tert-OH is 2. The van der Waals surface area contributed by atoms with Crippen LogP contribution in [0.3, 0.4) is 0 Å². The molecule has 0 spiro atoms. The number of hydrogen-bond donors (Lipinski definition) is 3. The number of amides is 1. The molecule has 0 heterocycles. The lowest BCUT2D eigenvalue weighted by Crippen LogP contribution is -2.25. The van der Waals surface area contributed by atoms with Crippen LogP contribution >= 0.6 is 0 Å². The minimum absolute atomic E-state index is 0.120. The highest BCUT2D eigenvalue weighted by molar-refractivity contribution is 5.72. The van der Waals surface area contributed by atoms with E-state index in [2.05, 4.69) is 5.32 Å². The Balaban J connectivity index is 3.11. The van der Waals surface area contributed by atoms with Crippen LogP contribution < -0.4 is 5.32 Å². The summed E-state index contributed by atoms with van der Waals surface area (Å²) in [4.78, 5) is 10.3. The fourth-order valence-electron chi connectivity index (χ4n) is 0.506. The van der Waals surface area contributed by atoms with Crippen LogP contribution in [0.2, 0.25) is 0 Å². The van der Waals surface area contributed by atoms with Gasteiger partial charge in [0.1, 0.15) is 0 Å². The molecule has 0 aromatic heterocycles. The molecule has 0 aliphatic carbocycles. The van der Waals surface area contributed by atoms with Gasteiger partial charge in [0, 0.05) is 13.5 Å². The number of aliphatic hydroxyl groups is 2. The van der Waals surface area contributed by atoms with Gasteiger partial charge in [-0.25, -0.2) is 0 Å². The van der Waals surface area contributed by atoms with Crippen LogP contribution in [0.1, 0.15) is 13.3 Å². The van der Waals surface area contributed by atoms with Gasteiger partial charge in [-0.3, -0.25) is 4.79 Å². The lowest BCUT2D eigenvalue weighted by atomic mass is 10.3. The summed E-state index contributed by atoms with van der Waals surface area (Å²) in [6, 6.07) is 0. The minimum atomic E-state index is -0.716. The standard InChI is InChI=1S/C6H13NO3/c1-5(9)7-3-2-6(10)4-8/h6,8,10H,2-4H2,1H3,(H,7,9).